The van der Waals surface area contributed by atoms with E-state index in [9.17, 15) is 9.59 Å². The van der Waals surface area contributed by atoms with Crippen molar-refractivity contribution >= 4 is 23.7 Å². The summed E-state index contributed by atoms with van der Waals surface area (Å²) in [5.74, 6) is 1.04. The number of imide groups is 1. The lowest BCUT2D eigenvalue weighted by Gasteiger charge is -2.35. The number of amides is 3. The predicted molar refractivity (Wildman–Crippen MR) is 107 cm³/mol. The van der Waals surface area contributed by atoms with Crippen molar-refractivity contribution in [2.75, 3.05) is 46.9 Å². The monoisotopic (exact) mass is 403 g/mol. The summed E-state index contributed by atoms with van der Waals surface area (Å²) in [6.45, 7) is 8.48. The van der Waals surface area contributed by atoms with Crippen LogP contribution in [0.1, 0.15) is 36.7 Å². The van der Waals surface area contributed by atoms with Gasteiger partial charge in [0, 0.05) is 27.2 Å². The molecule has 0 spiro atoms. The van der Waals surface area contributed by atoms with Crippen LogP contribution in [-0.2, 0) is 16.1 Å². The molecule has 4 heterocycles. The molecular weight excluding hydrogens is 372 g/mol. The van der Waals surface area contributed by atoms with E-state index in [2.05, 4.69) is 9.47 Å². The van der Waals surface area contributed by atoms with Crippen molar-refractivity contribution in [3.05, 3.63) is 11.4 Å². The van der Waals surface area contributed by atoms with Crippen LogP contribution in [-0.4, -0.2) is 84.0 Å². The summed E-state index contributed by atoms with van der Waals surface area (Å²) < 4.78 is 9.27. The summed E-state index contributed by atoms with van der Waals surface area (Å²) in [5, 5.41) is 0. The minimum absolute atomic E-state index is 0.181. The van der Waals surface area contributed by atoms with Gasteiger partial charge >= 0.3 is 12.0 Å². The number of fused-ring (bicyclic) bond motifs is 3. The fourth-order valence-electron chi connectivity index (χ4n) is 4.58. The standard InChI is InChI=1S/C20H31N6O3/c1-14-15(2)26-16-17(21-19(26)24(14)12-13-29-4)22(3)20(28)25(18(16)27)11-10-23-8-6-5-7-9-23/h16H,5-13H2,1-4H3/q+1. The molecule has 4 rings (SSSR count). The molecular formula is C20H31N6O3+. The second kappa shape index (κ2) is 7.87. The van der Waals surface area contributed by atoms with Crippen LogP contribution in [0.3, 0.4) is 0 Å². The number of hydrogen-bond donors (Lipinski definition) is 0. The molecule has 3 aliphatic heterocycles. The van der Waals surface area contributed by atoms with Crippen molar-refractivity contribution in [2.45, 2.75) is 45.7 Å². The third-order valence-electron chi connectivity index (χ3n) is 6.43. The highest BCUT2D eigenvalue weighted by atomic mass is 16.5. The van der Waals surface area contributed by atoms with Gasteiger partial charge in [-0.05, 0) is 39.8 Å². The Labute approximate surface area is 171 Å². The van der Waals surface area contributed by atoms with E-state index < -0.39 is 6.04 Å². The first-order valence-electron chi connectivity index (χ1n) is 10.5. The molecule has 1 aromatic rings. The lowest BCUT2D eigenvalue weighted by atomic mass is 10.1. The summed E-state index contributed by atoms with van der Waals surface area (Å²) in [5.41, 5.74) is 2.05. The first-order chi connectivity index (χ1) is 14.0. The molecule has 3 amide bonds. The van der Waals surface area contributed by atoms with Crippen LogP contribution in [0.15, 0.2) is 4.99 Å². The molecule has 1 unspecified atom stereocenters. The highest BCUT2D eigenvalue weighted by molar-refractivity contribution is 6.20. The lowest BCUT2D eigenvalue weighted by Crippen LogP contribution is -2.59. The van der Waals surface area contributed by atoms with Crippen LogP contribution in [0.25, 0.3) is 0 Å². The SMILES string of the molecule is COCC[n+]1c(C)c(C)n2c1N=C1C2C(=O)N(CCN2CCCCC2)C(=O)N1C. The molecule has 0 N–H and O–H groups in total. The van der Waals surface area contributed by atoms with Gasteiger partial charge in [0.1, 0.15) is 11.4 Å². The number of aromatic nitrogens is 2. The number of rotatable bonds is 6. The number of aliphatic imine (C=N–C) groups is 1. The minimum atomic E-state index is -0.573. The molecule has 0 radical (unpaired) electrons. The largest absolute Gasteiger partial charge is 0.402 e. The van der Waals surface area contributed by atoms with Crippen LogP contribution in [0.2, 0.25) is 0 Å². The van der Waals surface area contributed by atoms with E-state index in [0.717, 1.165) is 31.0 Å². The normalized spacial score (nSPS) is 22.2. The zero-order chi connectivity index (χ0) is 20.7. The molecule has 2 saturated heterocycles. The van der Waals surface area contributed by atoms with E-state index in [0.29, 0.717) is 31.5 Å². The number of methoxy groups -OCH3 is 1. The third-order valence-corrected chi connectivity index (χ3v) is 6.43. The van der Waals surface area contributed by atoms with Crippen molar-refractivity contribution < 1.29 is 18.9 Å². The van der Waals surface area contributed by atoms with Gasteiger partial charge in [-0.15, -0.1) is 0 Å². The summed E-state index contributed by atoms with van der Waals surface area (Å²) in [7, 11) is 3.38. The average Bonchev–Trinajstić information content (AvgIpc) is 3.22. The van der Waals surface area contributed by atoms with Crippen LogP contribution >= 0.6 is 0 Å². The topological polar surface area (TPSA) is 74.3 Å². The molecule has 0 aliphatic carbocycles. The number of hydrogen-bond acceptors (Lipinski definition) is 5. The number of carbonyl (C=O) groups excluding carboxylic acids is 2. The third kappa shape index (κ3) is 3.26. The fraction of sp³-hybridized carbons (Fsp3) is 0.700. The molecule has 158 valence electrons. The minimum Gasteiger partial charge on any atom is -0.381 e. The number of likely N-dealkylation sites (N-methyl/N-ethyl adjacent to an activating group) is 1. The van der Waals surface area contributed by atoms with Crippen molar-refractivity contribution in [2.24, 2.45) is 4.99 Å². The van der Waals surface area contributed by atoms with E-state index in [1.54, 1.807) is 14.2 Å². The highest BCUT2D eigenvalue weighted by Gasteiger charge is 2.54. The Kier molecular flexibility index (Phi) is 5.44. The summed E-state index contributed by atoms with van der Waals surface area (Å²) in [6.07, 6.45) is 3.64. The summed E-state index contributed by atoms with van der Waals surface area (Å²) in [6, 6.07) is -0.859. The predicted octanol–water partition coefficient (Wildman–Crippen LogP) is 1.00. The Morgan fingerprint density at radius 1 is 1.14 bits per heavy atom. The number of carbonyl (C=O) groups is 2. The van der Waals surface area contributed by atoms with Crippen LogP contribution in [0.5, 0.6) is 0 Å². The molecule has 0 bridgehead atoms. The van der Waals surface area contributed by atoms with Gasteiger partial charge in [0.05, 0.1) is 13.2 Å². The molecule has 1 atom stereocenters. The number of likely N-dealkylation sites (tertiary alicyclic amines) is 1. The summed E-state index contributed by atoms with van der Waals surface area (Å²) in [4.78, 5) is 36.3. The maximum absolute atomic E-state index is 13.4. The maximum Gasteiger partial charge on any atom is 0.402 e. The van der Waals surface area contributed by atoms with E-state index in [-0.39, 0.29) is 11.9 Å². The van der Waals surface area contributed by atoms with Crippen LogP contribution in [0, 0.1) is 13.8 Å². The molecule has 0 saturated carbocycles. The number of nitrogens with zero attached hydrogens (tertiary/aromatic N) is 6. The Hall–Kier alpha value is -2.26. The highest BCUT2D eigenvalue weighted by Crippen LogP contribution is 2.35. The van der Waals surface area contributed by atoms with Crippen LogP contribution < -0.4 is 4.57 Å². The first-order valence-corrected chi connectivity index (χ1v) is 10.5. The Morgan fingerprint density at radius 2 is 1.86 bits per heavy atom. The van der Waals surface area contributed by atoms with Gasteiger partial charge in [0.2, 0.25) is 11.9 Å². The molecule has 2 fully saturated rings. The quantitative estimate of drug-likeness (QED) is 0.665. The zero-order valence-corrected chi connectivity index (χ0v) is 17.8. The number of amidine groups is 1. The Balaban J connectivity index is 1.61. The molecule has 9 nitrogen and oxygen atoms in total. The molecule has 9 heteroatoms. The maximum atomic E-state index is 13.4. The number of imidazole rings is 1. The Morgan fingerprint density at radius 3 is 2.55 bits per heavy atom. The van der Waals surface area contributed by atoms with Crippen molar-refractivity contribution in [1.29, 1.82) is 0 Å². The molecule has 0 aromatic carbocycles. The number of ether oxygens (including phenoxy) is 1. The van der Waals surface area contributed by atoms with E-state index in [1.807, 2.05) is 18.4 Å². The van der Waals surface area contributed by atoms with Crippen LogP contribution in [0.4, 0.5) is 10.7 Å². The number of urea groups is 1. The average molecular weight is 404 g/mol. The van der Waals surface area contributed by atoms with E-state index in [4.69, 9.17) is 9.73 Å². The second-order valence-electron chi connectivity index (χ2n) is 8.09. The molecule has 3 aliphatic rings. The first kappa shape index (κ1) is 20.0. The van der Waals surface area contributed by atoms with Gasteiger partial charge in [-0.1, -0.05) is 11.4 Å². The van der Waals surface area contributed by atoms with Crippen molar-refractivity contribution in [1.82, 2.24) is 19.3 Å². The van der Waals surface area contributed by atoms with Gasteiger partial charge in [0.15, 0.2) is 0 Å². The number of piperidine rings is 1. The molecule has 29 heavy (non-hydrogen) atoms. The second-order valence-corrected chi connectivity index (χ2v) is 8.09. The summed E-state index contributed by atoms with van der Waals surface area (Å²) >= 11 is 0. The van der Waals surface area contributed by atoms with Crippen molar-refractivity contribution in [3.8, 4) is 0 Å². The van der Waals surface area contributed by atoms with Crippen molar-refractivity contribution in [3.63, 3.8) is 0 Å². The van der Waals surface area contributed by atoms with E-state index >= 15 is 0 Å². The smallest absolute Gasteiger partial charge is 0.381 e. The van der Waals surface area contributed by atoms with Gasteiger partial charge in [-0.25, -0.2) is 13.9 Å². The van der Waals surface area contributed by atoms with E-state index in [1.165, 1.54) is 29.1 Å². The molecule has 1 aromatic heterocycles. The van der Waals surface area contributed by atoms with Gasteiger partial charge in [-0.3, -0.25) is 14.6 Å². The lowest BCUT2D eigenvalue weighted by molar-refractivity contribution is -0.690. The Bertz CT molecular complexity index is 855. The zero-order valence-electron chi connectivity index (χ0n) is 17.8. The van der Waals surface area contributed by atoms with Gasteiger partial charge < -0.3 is 9.64 Å². The fourth-order valence-corrected chi connectivity index (χ4v) is 4.58. The van der Waals surface area contributed by atoms with Gasteiger partial charge in [0.25, 0.3) is 5.91 Å². The van der Waals surface area contributed by atoms with Gasteiger partial charge in [-0.2, -0.15) is 0 Å².